The van der Waals surface area contributed by atoms with Crippen molar-refractivity contribution in [1.82, 2.24) is 14.7 Å². The first-order valence-corrected chi connectivity index (χ1v) is 9.67. The Balaban J connectivity index is 1.65. The predicted octanol–water partition coefficient (Wildman–Crippen LogP) is 3.78. The van der Waals surface area contributed by atoms with Gasteiger partial charge in [0.2, 0.25) is 0 Å². The van der Waals surface area contributed by atoms with Crippen LogP contribution >= 0.6 is 15.9 Å². The van der Waals surface area contributed by atoms with Gasteiger partial charge >= 0.3 is 6.18 Å². The largest absolute Gasteiger partial charge is 0.410 e. The number of carbonyl (C=O) groups excluding carboxylic acids is 1. The third kappa shape index (κ3) is 3.75. The number of nitrogens with zero attached hydrogens (tertiary/aromatic N) is 3. The summed E-state index contributed by atoms with van der Waals surface area (Å²) >= 11 is 3.33. The van der Waals surface area contributed by atoms with E-state index in [9.17, 15) is 18.0 Å². The third-order valence-corrected chi connectivity index (χ3v) is 5.51. The molecule has 1 aromatic heterocycles. The summed E-state index contributed by atoms with van der Waals surface area (Å²) in [5.74, 6) is -0.189. The van der Waals surface area contributed by atoms with E-state index in [4.69, 9.17) is 4.74 Å². The summed E-state index contributed by atoms with van der Waals surface area (Å²) in [7, 11) is 0. The Hall–Kier alpha value is -2.07. The van der Waals surface area contributed by atoms with Crippen LogP contribution in [0.4, 0.5) is 19.0 Å². The minimum absolute atomic E-state index is 0.00936. The van der Waals surface area contributed by atoms with Crippen molar-refractivity contribution in [3.8, 4) is 0 Å². The summed E-state index contributed by atoms with van der Waals surface area (Å²) in [5, 5.41) is 7.11. The molecule has 0 bridgehead atoms. The zero-order valence-corrected chi connectivity index (χ0v) is 16.3. The van der Waals surface area contributed by atoms with Crippen molar-refractivity contribution in [2.45, 2.75) is 24.7 Å². The highest BCUT2D eigenvalue weighted by Crippen LogP contribution is 2.43. The molecule has 2 aromatic rings. The fraction of sp³-hybridized carbons (Fsp3) is 0.444. The molecule has 1 aromatic carbocycles. The molecule has 150 valence electrons. The summed E-state index contributed by atoms with van der Waals surface area (Å²) in [6, 6.07) is 6.21. The van der Waals surface area contributed by atoms with Crippen molar-refractivity contribution in [2.24, 2.45) is 0 Å². The van der Waals surface area contributed by atoms with Gasteiger partial charge in [-0.05, 0) is 17.7 Å². The highest BCUT2D eigenvalue weighted by molar-refractivity contribution is 9.10. The van der Waals surface area contributed by atoms with E-state index in [0.717, 1.165) is 14.7 Å². The van der Waals surface area contributed by atoms with Gasteiger partial charge in [-0.2, -0.15) is 18.3 Å². The Morgan fingerprint density at radius 2 is 1.89 bits per heavy atom. The average Bonchev–Trinajstić information content (AvgIpc) is 3.11. The lowest BCUT2D eigenvalue weighted by Gasteiger charge is -2.33. The van der Waals surface area contributed by atoms with E-state index in [-0.39, 0.29) is 23.8 Å². The maximum atomic E-state index is 13.7. The highest BCUT2D eigenvalue weighted by atomic mass is 79.9. The molecule has 1 fully saturated rings. The number of rotatable bonds is 2. The van der Waals surface area contributed by atoms with Gasteiger partial charge < -0.3 is 15.0 Å². The smallest absolute Gasteiger partial charge is 0.378 e. The maximum absolute atomic E-state index is 13.7. The van der Waals surface area contributed by atoms with E-state index in [2.05, 4.69) is 26.3 Å². The molecule has 0 radical (unpaired) electrons. The van der Waals surface area contributed by atoms with Gasteiger partial charge in [-0.15, -0.1) is 0 Å². The van der Waals surface area contributed by atoms with Crippen molar-refractivity contribution in [3.05, 3.63) is 46.1 Å². The minimum Gasteiger partial charge on any atom is -0.378 e. The van der Waals surface area contributed by atoms with Crippen LogP contribution in [0.1, 0.15) is 34.6 Å². The van der Waals surface area contributed by atoms with Crippen molar-refractivity contribution >= 4 is 27.7 Å². The zero-order chi connectivity index (χ0) is 19.9. The molecule has 10 heteroatoms. The first kappa shape index (κ1) is 19.3. The second-order valence-electron chi connectivity index (χ2n) is 6.81. The molecule has 0 saturated carbocycles. The van der Waals surface area contributed by atoms with Gasteiger partial charge in [-0.3, -0.25) is 4.79 Å². The number of nitrogens with one attached hydrogen (secondary N) is 1. The number of amides is 1. The molecule has 2 aliphatic heterocycles. The number of benzene rings is 1. The highest BCUT2D eigenvalue weighted by Gasteiger charge is 2.47. The third-order valence-electron chi connectivity index (χ3n) is 4.98. The molecule has 3 heterocycles. The minimum atomic E-state index is -4.48. The molecule has 0 aliphatic carbocycles. The first-order chi connectivity index (χ1) is 13.3. The molecule has 1 amide bonds. The van der Waals surface area contributed by atoms with Gasteiger partial charge in [0.25, 0.3) is 5.91 Å². The summed E-state index contributed by atoms with van der Waals surface area (Å²) < 4.78 is 48.1. The fourth-order valence-electron chi connectivity index (χ4n) is 3.52. The molecule has 1 saturated heterocycles. The zero-order valence-electron chi connectivity index (χ0n) is 14.7. The number of hydrogen-bond donors (Lipinski definition) is 1. The molecule has 1 N–H and O–H groups in total. The van der Waals surface area contributed by atoms with Crippen LogP contribution in [0.2, 0.25) is 0 Å². The number of morpholine rings is 1. The Morgan fingerprint density at radius 1 is 1.21 bits per heavy atom. The van der Waals surface area contributed by atoms with Crippen LogP contribution in [0, 0.1) is 0 Å². The lowest BCUT2D eigenvalue weighted by molar-refractivity contribution is -0.173. The number of halogens is 4. The van der Waals surface area contributed by atoms with Gasteiger partial charge in [0.05, 0.1) is 19.3 Å². The van der Waals surface area contributed by atoms with E-state index in [1.807, 2.05) is 0 Å². The number of carbonyl (C=O) groups is 1. The molecular weight excluding hydrogens is 441 g/mol. The van der Waals surface area contributed by atoms with Crippen LogP contribution in [0.15, 0.2) is 34.8 Å². The maximum Gasteiger partial charge on any atom is 0.410 e. The van der Waals surface area contributed by atoms with Crippen molar-refractivity contribution in [3.63, 3.8) is 0 Å². The molecule has 2 atom stereocenters. The number of hydrogen-bond acceptors (Lipinski definition) is 4. The van der Waals surface area contributed by atoms with Crippen molar-refractivity contribution in [1.29, 1.82) is 0 Å². The molecule has 4 rings (SSSR count). The number of alkyl halides is 3. The van der Waals surface area contributed by atoms with E-state index < -0.39 is 18.3 Å². The van der Waals surface area contributed by atoms with Gasteiger partial charge in [-0.1, -0.05) is 28.1 Å². The molecule has 0 unspecified atom stereocenters. The first-order valence-electron chi connectivity index (χ1n) is 8.88. The van der Waals surface area contributed by atoms with Crippen LogP contribution in [0.5, 0.6) is 0 Å². The number of fused-ring (bicyclic) bond motifs is 1. The van der Waals surface area contributed by atoms with Crippen molar-refractivity contribution < 1.29 is 22.7 Å². The Morgan fingerprint density at radius 3 is 2.54 bits per heavy atom. The van der Waals surface area contributed by atoms with Crippen molar-refractivity contribution in [2.75, 3.05) is 31.6 Å². The van der Waals surface area contributed by atoms with Crippen LogP contribution in [0.3, 0.4) is 0 Å². The van der Waals surface area contributed by atoms with Gasteiger partial charge in [0.15, 0.2) is 11.7 Å². The lowest BCUT2D eigenvalue weighted by atomic mass is 9.97. The summed E-state index contributed by atoms with van der Waals surface area (Å²) in [4.78, 5) is 14.2. The second kappa shape index (κ2) is 7.40. The quantitative estimate of drug-likeness (QED) is 0.743. The predicted molar refractivity (Wildman–Crippen MR) is 99.2 cm³/mol. The van der Waals surface area contributed by atoms with E-state index in [1.54, 1.807) is 29.2 Å². The fourth-order valence-corrected chi connectivity index (χ4v) is 3.78. The normalized spacial score (nSPS) is 22.5. The summed E-state index contributed by atoms with van der Waals surface area (Å²) in [5.41, 5.74) is 0.751. The molecule has 0 spiro atoms. The second-order valence-corrected chi connectivity index (χ2v) is 7.72. The topological polar surface area (TPSA) is 59.4 Å². The number of aromatic nitrogens is 2. The SMILES string of the molecule is O=C(c1cc2n(n1)[C@H](C(F)(F)F)C[C@H](c1ccc(Br)cc1)N2)N1CCOCC1. The lowest BCUT2D eigenvalue weighted by Crippen LogP contribution is -2.41. The van der Waals surface area contributed by atoms with Gasteiger partial charge in [0, 0.05) is 30.0 Å². The van der Waals surface area contributed by atoms with Crippen LogP contribution in [0.25, 0.3) is 0 Å². The monoisotopic (exact) mass is 458 g/mol. The summed E-state index contributed by atoms with van der Waals surface area (Å²) in [6.07, 6.45) is -4.68. The van der Waals surface area contributed by atoms with Gasteiger partial charge in [-0.25, -0.2) is 4.68 Å². The number of ether oxygens (including phenoxy) is 1. The van der Waals surface area contributed by atoms with E-state index in [1.165, 1.54) is 6.07 Å². The van der Waals surface area contributed by atoms with E-state index in [0.29, 0.717) is 26.3 Å². The molecular formula is C18H18BrF3N4O2. The Labute approximate surface area is 167 Å². The molecule has 28 heavy (non-hydrogen) atoms. The van der Waals surface area contributed by atoms with Crippen LogP contribution in [-0.2, 0) is 4.74 Å². The summed E-state index contributed by atoms with van der Waals surface area (Å²) in [6.45, 7) is 1.63. The standard InChI is InChI=1S/C18H18BrF3N4O2/c19-12-3-1-11(2-4-12)13-9-15(18(20,21)22)26-16(23-13)10-14(24-26)17(27)25-5-7-28-8-6-25/h1-4,10,13,15,23H,5-9H2/t13-,15+/m1/s1. The molecule has 6 nitrogen and oxygen atoms in total. The Bertz CT molecular complexity index is 863. The Kier molecular flexibility index (Phi) is 5.09. The van der Waals surface area contributed by atoms with Crippen LogP contribution in [-0.4, -0.2) is 53.1 Å². The average molecular weight is 459 g/mol. The van der Waals surface area contributed by atoms with Crippen LogP contribution < -0.4 is 5.32 Å². The molecule has 2 aliphatic rings. The van der Waals surface area contributed by atoms with Gasteiger partial charge in [0.1, 0.15) is 5.82 Å². The number of anilines is 1. The van der Waals surface area contributed by atoms with E-state index >= 15 is 0 Å².